The number of thioether (sulfide) groups is 1. The normalized spacial score (nSPS) is 16.6. The van der Waals surface area contributed by atoms with E-state index in [1.807, 2.05) is 6.07 Å². The van der Waals surface area contributed by atoms with Crippen LogP contribution in [0, 0.1) is 5.92 Å². The van der Waals surface area contributed by atoms with Crippen LogP contribution in [-0.2, 0) is 4.79 Å². The van der Waals surface area contributed by atoms with Crippen molar-refractivity contribution < 1.29 is 9.90 Å². The van der Waals surface area contributed by atoms with Crippen LogP contribution in [0.1, 0.15) is 0 Å². The molecule has 0 unspecified atom stereocenters. The summed E-state index contributed by atoms with van der Waals surface area (Å²) in [6, 6.07) is 5.40. The molecule has 0 aliphatic carbocycles. The van der Waals surface area contributed by atoms with Gasteiger partial charge in [0.1, 0.15) is 0 Å². The molecule has 1 aromatic carbocycles. The maximum absolute atomic E-state index is 10.6. The number of carboxylic acid groups (broad SMARTS) is 1. The van der Waals surface area contributed by atoms with Gasteiger partial charge in [0, 0.05) is 35.3 Å². The van der Waals surface area contributed by atoms with Crippen LogP contribution in [0.2, 0.25) is 10.0 Å². The molecule has 0 saturated carbocycles. The number of benzene rings is 1. The summed E-state index contributed by atoms with van der Waals surface area (Å²) in [5.74, 6) is -0.00611. The lowest BCUT2D eigenvalue weighted by Crippen LogP contribution is -2.50. The zero-order valence-corrected chi connectivity index (χ0v) is 11.9. The van der Waals surface area contributed by atoms with E-state index in [-0.39, 0.29) is 5.92 Å². The fourth-order valence-electron chi connectivity index (χ4n) is 1.78. The van der Waals surface area contributed by atoms with Gasteiger partial charge in [0.2, 0.25) is 0 Å². The van der Waals surface area contributed by atoms with Crippen molar-refractivity contribution in [1.29, 1.82) is 0 Å². The summed E-state index contributed by atoms with van der Waals surface area (Å²) in [4.78, 5) is 13.7. The first-order valence-corrected chi connectivity index (χ1v) is 7.33. The van der Waals surface area contributed by atoms with E-state index >= 15 is 0 Å². The quantitative estimate of drug-likeness (QED) is 0.849. The number of hydrogen-bond acceptors (Lipinski definition) is 3. The van der Waals surface area contributed by atoms with Crippen LogP contribution in [0.5, 0.6) is 0 Å². The van der Waals surface area contributed by atoms with Crippen molar-refractivity contribution in [1.82, 2.24) is 4.90 Å². The molecule has 1 N–H and O–H groups in total. The van der Waals surface area contributed by atoms with Crippen LogP contribution < -0.4 is 0 Å². The molecule has 2 rings (SSSR count). The van der Waals surface area contributed by atoms with E-state index in [1.165, 1.54) is 0 Å². The predicted octanol–water partition coefficient (Wildman–Crippen LogP) is 3.10. The van der Waals surface area contributed by atoms with E-state index in [0.29, 0.717) is 23.1 Å². The van der Waals surface area contributed by atoms with Gasteiger partial charge in [-0.1, -0.05) is 23.2 Å². The number of rotatable bonds is 5. The van der Waals surface area contributed by atoms with Crippen molar-refractivity contribution in [3.8, 4) is 0 Å². The summed E-state index contributed by atoms with van der Waals surface area (Å²) < 4.78 is 0. The number of carboxylic acids is 1. The third-order valence-corrected chi connectivity index (χ3v) is 4.58. The molecule has 0 atom stereocenters. The highest BCUT2D eigenvalue weighted by atomic mass is 35.5. The minimum Gasteiger partial charge on any atom is -0.481 e. The molecule has 0 radical (unpaired) electrons. The number of nitrogens with zero attached hydrogens (tertiary/aromatic N) is 1. The Labute approximate surface area is 120 Å². The van der Waals surface area contributed by atoms with Crippen molar-refractivity contribution in [2.75, 3.05) is 25.4 Å². The van der Waals surface area contributed by atoms with Crippen molar-refractivity contribution in [2.24, 2.45) is 5.92 Å². The van der Waals surface area contributed by atoms with Crippen LogP contribution >= 0.6 is 35.0 Å². The SMILES string of the molecule is O=C(O)C1CN(CCSc2cc(Cl)ccc2Cl)C1. The van der Waals surface area contributed by atoms with Gasteiger partial charge in [-0.05, 0) is 18.2 Å². The average Bonchev–Trinajstić information content (AvgIpc) is 2.25. The van der Waals surface area contributed by atoms with Crippen LogP contribution in [-0.4, -0.2) is 41.4 Å². The number of hydrogen-bond donors (Lipinski definition) is 1. The largest absolute Gasteiger partial charge is 0.481 e. The Morgan fingerprint density at radius 3 is 2.83 bits per heavy atom. The summed E-state index contributed by atoms with van der Waals surface area (Å²) in [5, 5.41) is 10.1. The molecule has 1 aliphatic heterocycles. The molecule has 0 aromatic heterocycles. The molecular formula is C12H13Cl2NO2S. The van der Waals surface area contributed by atoms with Gasteiger partial charge in [-0.3, -0.25) is 4.79 Å². The second-order valence-corrected chi connectivity index (χ2v) is 6.20. The highest BCUT2D eigenvalue weighted by Crippen LogP contribution is 2.30. The van der Waals surface area contributed by atoms with Gasteiger partial charge in [0.05, 0.1) is 10.9 Å². The number of halogens is 2. The monoisotopic (exact) mass is 305 g/mol. The van der Waals surface area contributed by atoms with Crippen molar-refractivity contribution in [3.05, 3.63) is 28.2 Å². The molecule has 1 saturated heterocycles. The third-order valence-electron chi connectivity index (χ3n) is 2.86. The summed E-state index contributed by atoms with van der Waals surface area (Å²) >= 11 is 13.6. The van der Waals surface area contributed by atoms with E-state index in [4.69, 9.17) is 28.3 Å². The highest BCUT2D eigenvalue weighted by molar-refractivity contribution is 7.99. The molecular weight excluding hydrogens is 293 g/mol. The van der Waals surface area contributed by atoms with E-state index in [2.05, 4.69) is 4.90 Å². The molecule has 0 amide bonds. The molecule has 1 fully saturated rings. The lowest BCUT2D eigenvalue weighted by Gasteiger charge is -2.36. The average molecular weight is 306 g/mol. The molecule has 1 aliphatic rings. The van der Waals surface area contributed by atoms with Gasteiger partial charge in [-0.2, -0.15) is 0 Å². The Balaban J connectivity index is 1.73. The Kier molecular flexibility index (Phi) is 4.78. The van der Waals surface area contributed by atoms with E-state index in [9.17, 15) is 4.79 Å². The van der Waals surface area contributed by atoms with Gasteiger partial charge in [-0.15, -0.1) is 11.8 Å². The second kappa shape index (κ2) is 6.15. The first-order chi connectivity index (χ1) is 8.56. The third kappa shape index (κ3) is 3.54. The van der Waals surface area contributed by atoms with Crippen molar-refractivity contribution >= 4 is 40.9 Å². The molecule has 0 bridgehead atoms. The molecule has 1 heterocycles. The summed E-state index contributed by atoms with van der Waals surface area (Å²) in [6.45, 7) is 2.18. The van der Waals surface area contributed by atoms with Gasteiger partial charge in [0.25, 0.3) is 0 Å². The molecule has 6 heteroatoms. The van der Waals surface area contributed by atoms with Gasteiger partial charge < -0.3 is 10.0 Å². The van der Waals surface area contributed by atoms with Crippen LogP contribution in [0.3, 0.4) is 0 Å². The van der Waals surface area contributed by atoms with Crippen LogP contribution in [0.4, 0.5) is 0 Å². The maximum Gasteiger partial charge on any atom is 0.309 e. The predicted molar refractivity (Wildman–Crippen MR) is 74.8 cm³/mol. The number of likely N-dealkylation sites (tertiary alicyclic amines) is 1. The molecule has 0 spiro atoms. The first kappa shape index (κ1) is 14.0. The molecule has 18 heavy (non-hydrogen) atoms. The molecule has 3 nitrogen and oxygen atoms in total. The van der Waals surface area contributed by atoms with Gasteiger partial charge in [0.15, 0.2) is 0 Å². The van der Waals surface area contributed by atoms with Crippen molar-refractivity contribution in [2.45, 2.75) is 4.90 Å². The van der Waals surface area contributed by atoms with Crippen LogP contribution in [0.25, 0.3) is 0 Å². The van der Waals surface area contributed by atoms with Gasteiger partial charge >= 0.3 is 5.97 Å². The fourth-order valence-corrected chi connectivity index (χ4v) is 3.28. The Morgan fingerprint density at radius 2 is 2.17 bits per heavy atom. The van der Waals surface area contributed by atoms with Crippen LogP contribution in [0.15, 0.2) is 23.1 Å². The van der Waals surface area contributed by atoms with E-state index in [1.54, 1.807) is 23.9 Å². The number of aliphatic carboxylic acids is 1. The summed E-state index contributed by atoms with van der Waals surface area (Å²) in [7, 11) is 0. The standard InChI is InChI=1S/C12H13Cl2NO2S/c13-9-1-2-10(14)11(5-9)18-4-3-15-6-8(7-15)12(16)17/h1-2,5,8H,3-4,6-7H2,(H,16,17). The Morgan fingerprint density at radius 1 is 1.44 bits per heavy atom. The minimum atomic E-state index is -0.697. The molecule has 1 aromatic rings. The lowest BCUT2D eigenvalue weighted by molar-refractivity contribution is -0.147. The van der Waals surface area contributed by atoms with Gasteiger partial charge in [-0.25, -0.2) is 0 Å². The fraction of sp³-hybridized carbons (Fsp3) is 0.417. The topological polar surface area (TPSA) is 40.5 Å². The highest BCUT2D eigenvalue weighted by Gasteiger charge is 2.31. The zero-order chi connectivity index (χ0) is 13.1. The Hall–Kier alpha value is -0.420. The summed E-state index contributed by atoms with van der Waals surface area (Å²) in [6.07, 6.45) is 0. The second-order valence-electron chi connectivity index (χ2n) is 4.22. The smallest absolute Gasteiger partial charge is 0.309 e. The summed E-state index contributed by atoms with van der Waals surface area (Å²) in [5.41, 5.74) is 0. The number of carbonyl (C=O) groups is 1. The minimum absolute atomic E-state index is 0.190. The van der Waals surface area contributed by atoms with Crippen molar-refractivity contribution in [3.63, 3.8) is 0 Å². The lowest BCUT2D eigenvalue weighted by atomic mass is 10.0. The maximum atomic E-state index is 10.6. The molecule has 98 valence electrons. The van der Waals surface area contributed by atoms with E-state index in [0.717, 1.165) is 17.2 Å². The zero-order valence-electron chi connectivity index (χ0n) is 9.60. The first-order valence-electron chi connectivity index (χ1n) is 5.59. The van der Waals surface area contributed by atoms with E-state index < -0.39 is 5.97 Å². The Bertz CT molecular complexity index is 450.